The number of aliphatic hydroxyl groups excluding tert-OH is 8. The summed E-state index contributed by atoms with van der Waals surface area (Å²) in [6, 6.07) is 7.24. The largest absolute Gasteiger partial charge is 0.507 e. The second kappa shape index (κ2) is 18.7. The zero-order valence-electron chi connectivity index (χ0n) is 33.2. The first kappa shape index (κ1) is 45.1. The van der Waals surface area contributed by atoms with E-state index in [4.69, 9.17) is 42.3 Å². The van der Waals surface area contributed by atoms with Gasteiger partial charge in [0.15, 0.2) is 18.2 Å². The molecule has 14 atom stereocenters. The average molecular weight is 851 g/mol. The summed E-state index contributed by atoms with van der Waals surface area (Å²) in [5.41, 5.74) is 0.0226. The number of rotatable bonds is 12. The maximum Gasteiger partial charge on any atom is 0.303 e. The molecule has 3 aliphatic rings. The highest BCUT2D eigenvalue weighted by Crippen LogP contribution is 2.42. The quantitative estimate of drug-likeness (QED) is 0.0788. The molecule has 0 amide bonds. The van der Waals surface area contributed by atoms with E-state index in [-0.39, 0.29) is 34.6 Å². The lowest BCUT2D eigenvalue weighted by molar-refractivity contribution is -0.336. The summed E-state index contributed by atoms with van der Waals surface area (Å²) in [6.07, 6.45) is -20.9. The monoisotopic (exact) mass is 850 g/mol. The first-order chi connectivity index (χ1) is 28.4. The van der Waals surface area contributed by atoms with Crippen LogP contribution in [0.5, 0.6) is 23.0 Å². The van der Waals surface area contributed by atoms with Crippen LogP contribution in [-0.2, 0) is 34.9 Å². The molecule has 0 spiro atoms. The van der Waals surface area contributed by atoms with Gasteiger partial charge in [0.05, 0.1) is 26.4 Å². The van der Waals surface area contributed by atoms with E-state index in [1.54, 1.807) is 32.1 Å². The minimum atomic E-state index is -1.92. The Hall–Kier alpha value is -4.42. The number of ether oxygens (including phenoxy) is 8. The molecule has 1 aromatic heterocycles. The Balaban J connectivity index is 1.48. The molecule has 20 heteroatoms. The van der Waals surface area contributed by atoms with Crippen molar-refractivity contribution in [2.24, 2.45) is 0 Å². The number of phenolic OH excluding ortho intramolecular Hbond substituents is 1. The molecule has 60 heavy (non-hydrogen) atoms. The van der Waals surface area contributed by atoms with Crippen LogP contribution >= 0.6 is 0 Å². The highest BCUT2D eigenvalue weighted by atomic mass is 16.7. The van der Waals surface area contributed by atoms with Gasteiger partial charge in [-0.25, -0.2) is 0 Å². The van der Waals surface area contributed by atoms with Crippen molar-refractivity contribution >= 4 is 16.9 Å². The third-order valence-electron chi connectivity index (χ3n) is 10.4. The molecule has 330 valence electrons. The molecule has 3 fully saturated rings. The predicted molar refractivity (Wildman–Crippen MR) is 203 cm³/mol. The molecule has 0 radical (unpaired) electrons. The fraction of sp³-hybridized carbons (Fsp3) is 0.550. The van der Waals surface area contributed by atoms with Gasteiger partial charge in [0, 0.05) is 24.1 Å². The number of carbonyl (C=O) groups is 1. The van der Waals surface area contributed by atoms with Gasteiger partial charge in [-0.2, -0.15) is 0 Å². The summed E-state index contributed by atoms with van der Waals surface area (Å²) < 4.78 is 52.1. The number of carbonyl (C=O) groups excluding carboxylic acids is 1. The normalized spacial score (nSPS) is 33.2. The number of phenols is 1. The maximum atomic E-state index is 14.7. The van der Waals surface area contributed by atoms with Crippen LogP contribution in [0.2, 0.25) is 0 Å². The number of allylic oxidation sites excluding steroid dienone is 2. The molecular weight excluding hydrogens is 800 g/mol. The lowest BCUT2D eigenvalue weighted by Gasteiger charge is -2.45. The van der Waals surface area contributed by atoms with E-state index in [0.29, 0.717) is 5.75 Å². The van der Waals surface area contributed by atoms with Crippen LogP contribution in [0.1, 0.15) is 33.3 Å². The van der Waals surface area contributed by atoms with Crippen molar-refractivity contribution in [3.8, 4) is 34.3 Å². The van der Waals surface area contributed by atoms with Gasteiger partial charge in [0.2, 0.25) is 23.8 Å². The van der Waals surface area contributed by atoms with E-state index in [9.17, 15) is 55.5 Å². The Morgan fingerprint density at radius 1 is 0.850 bits per heavy atom. The third-order valence-corrected chi connectivity index (χ3v) is 10.4. The Kier molecular flexibility index (Phi) is 14.0. The van der Waals surface area contributed by atoms with Crippen molar-refractivity contribution in [1.82, 2.24) is 0 Å². The predicted octanol–water partition coefficient (Wildman–Crippen LogP) is -0.898. The zero-order valence-corrected chi connectivity index (χ0v) is 33.2. The summed E-state index contributed by atoms with van der Waals surface area (Å²) in [6.45, 7) is 4.97. The van der Waals surface area contributed by atoms with E-state index in [1.165, 1.54) is 26.2 Å². The van der Waals surface area contributed by atoms with Crippen molar-refractivity contribution in [2.75, 3.05) is 20.3 Å². The Morgan fingerprint density at radius 3 is 2.15 bits per heavy atom. The third kappa shape index (κ3) is 9.10. The van der Waals surface area contributed by atoms with Crippen LogP contribution in [0.25, 0.3) is 22.3 Å². The molecule has 0 aliphatic carbocycles. The smallest absolute Gasteiger partial charge is 0.303 e. The van der Waals surface area contributed by atoms with Gasteiger partial charge >= 0.3 is 5.97 Å². The molecule has 9 N–H and O–H groups in total. The Bertz CT molecular complexity index is 2060. The van der Waals surface area contributed by atoms with E-state index in [2.05, 4.69) is 0 Å². The fourth-order valence-corrected chi connectivity index (χ4v) is 7.06. The van der Waals surface area contributed by atoms with Gasteiger partial charge in [-0.05, 0) is 51.5 Å². The highest BCUT2D eigenvalue weighted by Gasteiger charge is 2.51. The number of hydrogen-bond donors (Lipinski definition) is 9. The molecule has 3 saturated heterocycles. The number of fused-ring (bicyclic) bond motifs is 1. The zero-order chi connectivity index (χ0) is 43.7. The first-order valence-corrected chi connectivity index (χ1v) is 19.0. The van der Waals surface area contributed by atoms with E-state index in [0.717, 1.165) is 18.6 Å². The summed E-state index contributed by atoms with van der Waals surface area (Å²) in [7, 11) is 1.44. The maximum absolute atomic E-state index is 14.7. The van der Waals surface area contributed by atoms with Gasteiger partial charge in [-0.15, -0.1) is 0 Å². The molecule has 0 saturated carbocycles. The summed E-state index contributed by atoms with van der Waals surface area (Å²) in [5.74, 6) is -2.05. The van der Waals surface area contributed by atoms with Crippen LogP contribution in [0.3, 0.4) is 0 Å². The lowest BCUT2D eigenvalue weighted by atomic mass is 9.98. The van der Waals surface area contributed by atoms with Crippen LogP contribution in [0.4, 0.5) is 0 Å². The van der Waals surface area contributed by atoms with Crippen molar-refractivity contribution in [2.45, 2.75) is 120 Å². The Morgan fingerprint density at radius 2 is 1.52 bits per heavy atom. The number of aliphatic hydroxyl groups is 8. The molecule has 6 rings (SSSR count). The number of benzene rings is 2. The van der Waals surface area contributed by atoms with Crippen LogP contribution in [0.15, 0.2) is 51.2 Å². The van der Waals surface area contributed by atoms with Crippen molar-refractivity contribution in [3.63, 3.8) is 0 Å². The van der Waals surface area contributed by atoms with E-state index in [1.807, 2.05) is 0 Å². The summed E-state index contributed by atoms with van der Waals surface area (Å²) in [5, 5.41) is 94.9. The van der Waals surface area contributed by atoms with Crippen molar-refractivity contribution < 1.29 is 93.1 Å². The number of methoxy groups -OCH3 is 1. The summed E-state index contributed by atoms with van der Waals surface area (Å²) in [4.78, 5) is 26.9. The molecule has 3 aliphatic heterocycles. The van der Waals surface area contributed by atoms with E-state index >= 15 is 0 Å². The van der Waals surface area contributed by atoms with Gasteiger partial charge in [-0.1, -0.05) is 11.6 Å². The molecule has 0 unspecified atom stereocenters. The first-order valence-electron chi connectivity index (χ1n) is 19.0. The highest BCUT2D eigenvalue weighted by molar-refractivity contribution is 5.91. The SMILES string of the molecule is COc1ccc(-c2oc3c(CC=C(C)C)c(O[C@@H]4O[C@H](CO)[C@@H](O)[C@H](O)[C@H]4O)cc(O)c3c(=O)c2O[C@@H]2O[C@@H](C)[C@H](OC(C)=O)[C@H](O[C@H]3OC[C@H](O)[C@@H](O)[C@@H]3O)[C@@H]2O)cc1. The molecule has 4 heterocycles. The molecule has 2 aromatic carbocycles. The second-order valence-electron chi connectivity index (χ2n) is 14.9. The second-order valence-corrected chi connectivity index (χ2v) is 14.9. The van der Waals surface area contributed by atoms with Crippen LogP contribution < -0.4 is 19.6 Å². The number of esters is 1. The van der Waals surface area contributed by atoms with Crippen molar-refractivity contribution in [1.29, 1.82) is 0 Å². The van der Waals surface area contributed by atoms with Crippen molar-refractivity contribution in [3.05, 3.63) is 57.8 Å². The van der Waals surface area contributed by atoms with Crippen LogP contribution in [0, 0.1) is 0 Å². The molecule has 0 bridgehead atoms. The van der Waals surface area contributed by atoms with Gasteiger partial charge in [-0.3, -0.25) is 9.59 Å². The van der Waals surface area contributed by atoms with Gasteiger partial charge < -0.3 is 88.3 Å². The topological polar surface area (TPSA) is 303 Å². The fourth-order valence-electron chi connectivity index (χ4n) is 7.06. The minimum Gasteiger partial charge on any atom is -0.507 e. The minimum absolute atomic E-state index is 0.0103. The van der Waals surface area contributed by atoms with E-state index < -0.39 is 128 Å². The van der Waals surface area contributed by atoms with Crippen LogP contribution in [-0.4, -0.2) is 158 Å². The number of hydrogen-bond acceptors (Lipinski definition) is 20. The summed E-state index contributed by atoms with van der Waals surface area (Å²) >= 11 is 0. The molecule has 3 aromatic rings. The lowest BCUT2D eigenvalue weighted by Crippen LogP contribution is -2.63. The van der Waals surface area contributed by atoms with Gasteiger partial charge in [0.25, 0.3) is 0 Å². The van der Waals surface area contributed by atoms with Gasteiger partial charge in [0.1, 0.15) is 83.2 Å². The Labute approximate surface area is 342 Å². The molecule has 20 nitrogen and oxygen atoms in total. The number of aromatic hydroxyl groups is 1. The molecular formula is C40H50O20. The average Bonchev–Trinajstić information content (AvgIpc) is 3.21. The standard InChI is InChI=1S/C40H50O20/c1-15(2)6-11-20-23(56-39-31(50)29(48)27(46)24(13-41)57-39)12-21(43)25-28(47)36(34(58-35(20)25)18-7-9-19(52-5)10-8-18)60-40-32(51)37(33(16(3)54-40)55-17(4)42)59-38-30(49)26(45)22(44)14-53-38/h6-10,12,16,22,24,26-27,29-33,37-41,43-46,48-51H,11,13-14H2,1-5H3/t16-,22-,24+,26+,27+,29-,30-,31+,32-,33-,37+,38+,39+,40-/m0/s1.